The SMILES string of the molecule is CCNCC(O)(COc1ccccc1)NC(=O)CCC(=O)O. The maximum absolute atomic E-state index is 11.7. The van der Waals surface area contributed by atoms with Gasteiger partial charge in [-0.25, -0.2) is 0 Å². The summed E-state index contributed by atoms with van der Waals surface area (Å²) >= 11 is 0. The van der Waals surface area contributed by atoms with Gasteiger partial charge >= 0.3 is 5.97 Å². The van der Waals surface area contributed by atoms with Gasteiger partial charge in [-0.15, -0.1) is 0 Å². The van der Waals surface area contributed by atoms with Gasteiger partial charge in [-0.2, -0.15) is 0 Å². The fraction of sp³-hybridized carbons (Fsp3) is 0.467. The van der Waals surface area contributed by atoms with E-state index in [1.54, 1.807) is 24.3 Å². The van der Waals surface area contributed by atoms with Crippen LogP contribution < -0.4 is 15.4 Å². The number of benzene rings is 1. The molecule has 1 unspecified atom stereocenters. The van der Waals surface area contributed by atoms with Crippen LogP contribution in [0.1, 0.15) is 19.8 Å². The molecule has 1 amide bonds. The second-order valence-corrected chi connectivity index (χ2v) is 4.86. The van der Waals surface area contributed by atoms with Crippen molar-refractivity contribution in [3.63, 3.8) is 0 Å². The number of carboxylic acids is 1. The van der Waals surface area contributed by atoms with Gasteiger partial charge in [0.05, 0.1) is 6.42 Å². The number of aliphatic carboxylic acids is 1. The molecule has 1 atom stereocenters. The second kappa shape index (κ2) is 9.01. The maximum atomic E-state index is 11.7. The van der Waals surface area contributed by atoms with Gasteiger partial charge in [-0.1, -0.05) is 25.1 Å². The number of carbonyl (C=O) groups is 2. The monoisotopic (exact) mass is 310 g/mol. The Kier molecular flexibility index (Phi) is 7.34. The van der Waals surface area contributed by atoms with Gasteiger partial charge < -0.3 is 25.6 Å². The number of carbonyl (C=O) groups excluding carboxylic acids is 1. The average molecular weight is 310 g/mol. The summed E-state index contributed by atoms with van der Waals surface area (Å²) in [4.78, 5) is 22.2. The molecule has 22 heavy (non-hydrogen) atoms. The molecular weight excluding hydrogens is 288 g/mol. The number of hydrogen-bond donors (Lipinski definition) is 4. The number of amides is 1. The molecular formula is C15H22N2O5. The molecule has 7 nitrogen and oxygen atoms in total. The van der Waals surface area contributed by atoms with Crippen LogP contribution in [0.5, 0.6) is 5.75 Å². The molecule has 0 radical (unpaired) electrons. The van der Waals surface area contributed by atoms with Crippen LogP contribution in [-0.4, -0.2) is 47.5 Å². The summed E-state index contributed by atoms with van der Waals surface area (Å²) in [6, 6.07) is 8.90. The van der Waals surface area contributed by atoms with Crippen LogP contribution in [0.25, 0.3) is 0 Å². The van der Waals surface area contributed by atoms with E-state index in [0.717, 1.165) is 0 Å². The fourth-order valence-corrected chi connectivity index (χ4v) is 1.73. The Hall–Kier alpha value is -2.12. The topological polar surface area (TPSA) is 108 Å². The Balaban J connectivity index is 2.59. The standard InChI is InChI=1S/C15H22N2O5/c1-2-16-10-15(21,17-13(18)8-9-14(19)20)11-22-12-6-4-3-5-7-12/h3-7,16,21H,2,8-11H2,1H3,(H,17,18)(H,19,20). The number of hydrogen-bond acceptors (Lipinski definition) is 5. The van der Waals surface area contributed by atoms with E-state index in [0.29, 0.717) is 12.3 Å². The van der Waals surface area contributed by atoms with Gasteiger partial charge in [0.1, 0.15) is 12.4 Å². The molecule has 0 aromatic heterocycles. The number of ether oxygens (including phenoxy) is 1. The van der Waals surface area contributed by atoms with E-state index >= 15 is 0 Å². The fourth-order valence-electron chi connectivity index (χ4n) is 1.73. The molecule has 1 aromatic carbocycles. The zero-order chi connectivity index (χ0) is 16.4. The van der Waals surface area contributed by atoms with Crippen LogP contribution in [-0.2, 0) is 9.59 Å². The number of aliphatic hydroxyl groups is 1. The molecule has 0 saturated heterocycles. The molecule has 0 aliphatic carbocycles. The number of likely N-dealkylation sites (N-methyl/N-ethyl adjacent to an activating group) is 1. The molecule has 122 valence electrons. The highest BCUT2D eigenvalue weighted by atomic mass is 16.5. The molecule has 7 heteroatoms. The molecule has 0 bridgehead atoms. The van der Waals surface area contributed by atoms with Crippen LogP contribution in [0.3, 0.4) is 0 Å². The molecule has 0 heterocycles. The molecule has 4 N–H and O–H groups in total. The van der Waals surface area contributed by atoms with Gasteiger partial charge in [0, 0.05) is 13.0 Å². The predicted octanol–water partition coefficient (Wildman–Crippen LogP) is 0.344. The van der Waals surface area contributed by atoms with Crippen LogP contribution in [0, 0.1) is 0 Å². The lowest BCUT2D eigenvalue weighted by Gasteiger charge is -2.29. The zero-order valence-electron chi connectivity index (χ0n) is 12.5. The number of para-hydroxylation sites is 1. The third-order valence-corrected chi connectivity index (χ3v) is 2.83. The van der Waals surface area contributed by atoms with Crippen molar-refractivity contribution in [3.8, 4) is 5.75 Å². The van der Waals surface area contributed by atoms with E-state index in [4.69, 9.17) is 9.84 Å². The summed E-state index contributed by atoms with van der Waals surface area (Å²) < 4.78 is 5.47. The van der Waals surface area contributed by atoms with Gasteiger partial charge in [-0.05, 0) is 18.7 Å². The third-order valence-electron chi connectivity index (χ3n) is 2.83. The Morgan fingerprint density at radius 2 is 1.91 bits per heavy atom. The van der Waals surface area contributed by atoms with Crippen molar-refractivity contribution in [1.82, 2.24) is 10.6 Å². The summed E-state index contributed by atoms with van der Waals surface area (Å²) in [6.07, 6.45) is -0.488. The smallest absolute Gasteiger partial charge is 0.303 e. The van der Waals surface area contributed by atoms with Crippen LogP contribution in [0.4, 0.5) is 0 Å². The van der Waals surface area contributed by atoms with E-state index < -0.39 is 17.6 Å². The van der Waals surface area contributed by atoms with Crippen molar-refractivity contribution in [3.05, 3.63) is 30.3 Å². The summed E-state index contributed by atoms with van der Waals surface area (Å²) in [5.74, 6) is -1.04. The summed E-state index contributed by atoms with van der Waals surface area (Å²) in [6.45, 7) is 2.42. The highest BCUT2D eigenvalue weighted by molar-refractivity contribution is 5.81. The predicted molar refractivity (Wildman–Crippen MR) is 80.4 cm³/mol. The summed E-state index contributed by atoms with van der Waals surface area (Å²) in [5.41, 5.74) is -1.61. The normalized spacial score (nSPS) is 13.2. The number of carboxylic acid groups (broad SMARTS) is 1. The lowest BCUT2D eigenvalue weighted by molar-refractivity contribution is -0.140. The van der Waals surface area contributed by atoms with Gasteiger partial charge in [0.15, 0.2) is 5.72 Å². The van der Waals surface area contributed by atoms with Gasteiger partial charge in [0.25, 0.3) is 0 Å². The number of nitrogens with one attached hydrogen (secondary N) is 2. The molecule has 0 spiro atoms. The molecule has 1 aromatic rings. The van der Waals surface area contributed by atoms with E-state index in [2.05, 4.69) is 10.6 Å². The molecule has 0 saturated carbocycles. The van der Waals surface area contributed by atoms with Crippen LogP contribution in [0.2, 0.25) is 0 Å². The van der Waals surface area contributed by atoms with Crippen molar-refractivity contribution in [1.29, 1.82) is 0 Å². The first-order valence-electron chi connectivity index (χ1n) is 7.09. The lowest BCUT2D eigenvalue weighted by Crippen LogP contribution is -2.58. The molecule has 1 rings (SSSR count). The van der Waals surface area contributed by atoms with Gasteiger partial charge in [0.2, 0.25) is 5.91 Å². The Labute approximate surface area is 129 Å². The Morgan fingerprint density at radius 3 is 2.50 bits per heavy atom. The van der Waals surface area contributed by atoms with E-state index in [9.17, 15) is 14.7 Å². The minimum Gasteiger partial charge on any atom is -0.489 e. The Morgan fingerprint density at radius 1 is 1.23 bits per heavy atom. The largest absolute Gasteiger partial charge is 0.489 e. The van der Waals surface area contributed by atoms with Crippen molar-refractivity contribution in [2.75, 3.05) is 19.7 Å². The first kappa shape index (κ1) is 17.9. The highest BCUT2D eigenvalue weighted by Gasteiger charge is 2.29. The van der Waals surface area contributed by atoms with Crippen LogP contribution >= 0.6 is 0 Å². The van der Waals surface area contributed by atoms with E-state index in [1.165, 1.54) is 0 Å². The van der Waals surface area contributed by atoms with Crippen LogP contribution in [0.15, 0.2) is 30.3 Å². The van der Waals surface area contributed by atoms with Crippen molar-refractivity contribution >= 4 is 11.9 Å². The average Bonchev–Trinajstić information content (AvgIpc) is 2.50. The second-order valence-electron chi connectivity index (χ2n) is 4.86. The first-order chi connectivity index (χ1) is 10.4. The van der Waals surface area contributed by atoms with E-state index in [1.807, 2.05) is 13.0 Å². The van der Waals surface area contributed by atoms with Crippen molar-refractivity contribution in [2.45, 2.75) is 25.5 Å². The summed E-state index contributed by atoms with van der Waals surface area (Å²) in [7, 11) is 0. The van der Waals surface area contributed by atoms with Crippen molar-refractivity contribution in [2.24, 2.45) is 0 Å². The first-order valence-corrected chi connectivity index (χ1v) is 7.09. The van der Waals surface area contributed by atoms with Crippen molar-refractivity contribution < 1.29 is 24.5 Å². The molecule has 0 aliphatic rings. The van der Waals surface area contributed by atoms with Gasteiger partial charge in [-0.3, -0.25) is 9.59 Å². The zero-order valence-corrected chi connectivity index (χ0v) is 12.5. The minimum atomic E-state index is -1.61. The lowest BCUT2D eigenvalue weighted by atomic mass is 10.2. The summed E-state index contributed by atoms with van der Waals surface area (Å²) in [5, 5.41) is 24.4. The molecule has 0 aliphatic heterocycles. The maximum Gasteiger partial charge on any atom is 0.303 e. The third kappa shape index (κ3) is 7.05. The van der Waals surface area contributed by atoms with E-state index in [-0.39, 0.29) is 26.0 Å². The highest BCUT2D eigenvalue weighted by Crippen LogP contribution is 2.11. The Bertz CT molecular complexity index is 480. The quantitative estimate of drug-likeness (QED) is 0.464. The number of rotatable bonds is 10. The minimum absolute atomic E-state index is 0.0924. The molecule has 0 fully saturated rings.